The molecule has 1 heterocycles. The van der Waals surface area contributed by atoms with E-state index in [0.29, 0.717) is 19.0 Å². The number of carbonyl (C=O) groups is 1. The number of aliphatic imine (C=N–C) groups is 1. The largest absolute Gasteiger partial charge is 0.469 e. The summed E-state index contributed by atoms with van der Waals surface area (Å²) in [5, 5.41) is 3.32. The van der Waals surface area contributed by atoms with Crippen molar-refractivity contribution < 1.29 is 9.21 Å². The fourth-order valence-electron chi connectivity index (χ4n) is 2.29. The Labute approximate surface area is 163 Å². The Kier molecular flexibility index (Phi) is 7.72. The molecule has 1 amide bonds. The van der Waals surface area contributed by atoms with Crippen LogP contribution in [0.2, 0.25) is 0 Å². The van der Waals surface area contributed by atoms with Gasteiger partial charge in [0.25, 0.3) is 0 Å². The van der Waals surface area contributed by atoms with E-state index in [0.717, 1.165) is 22.2 Å². The molecule has 2 aromatic rings. The average Bonchev–Trinajstić information content (AvgIpc) is 3.12. The second-order valence-corrected chi connectivity index (χ2v) is 7.08. The van der Waals surface area contributed by atoms with Crippen molar-refractivity contribution in [2.24, 2.45) is 4.99 Å². The Morgan fingerprint density at radius 2 is 1.92 bits per heavy atom. The zero-order chi connectivity index (χ0) is 18.9. The maximum Gasteiger partial charge on any atom is 0.243 e. The molecule has 6 nitrogen and oxygen atoms in total. The number of benzene rings is 1. The lowest BCUT2D eigenvalue weighted by Gasteiger charge is -2.23. The number of nitrogens with one attached hydrogen (secondary N) is 1. The van der Waals surface area contributed by atoms with Gasteiger partial charge in [-0.15, -0.1) is 0 Å². The van der Waals surface area contributed by atoms with Gasteiger partial charge >= 0.3 is 0 Å². The summed E-state index contributed by atoms with van der Waals surface area (Å²) in [6, 6.07) is 12.0. The number of halogens is 1. The van der Waals surface area contributed by atoms with Crippen LogP contribution in [0.4, 0.5) is 0 Å². The molecule has 0 radical (unpaired) electrons. The van der Waals surface area contributed by atoms with E-state index < -0.39 is 0 Å². The van der Waals surface area contributed by atoms with E-state index in [1.54, 1.807) is 25.3 Å². The van der Waals surface area contributed by atoms with Gasteiger partial charge in [0.1, 0.15) is 12.3 Å². The fourth-order valence-corrected chi connectivity index (χ4v) is 2.55. The Hall–Kier alpha value is -2.28. The van der Waals surface area contributed by atoms with Crippen LogP contribution in [-0.4, -0.2) is 55.9 Å². The second-order valence-electron chi connectivity index (χ2n) is 6.17. The summed E-state index contributed by atoms with van der Waals surface area (Å²) in [6.07, 6.45) is 2.42. The predicted molar refractivity (Wildman–Crippen MR) is 107 cm³/mol. The first kappa shape index (κ1) is 20.0. The summed E-state index contributed by atoms with van der Waals surface area (Å²) >= 11 is 3.45. The molecular weight excluding hydrogens is 396 g/mol. The van der Waals surface area contributed by atoms with Gasteiger partial charge in [0.05, 0.1) is 6.26 Å². The van der Waals surface area contributed by atoms with Crippen molar-refractivity contribution in [3.8, 4) is 0 Å². The lowest BCUT2D eigenvalue weighted by molar-refractivity contribution is -0.127. The van der Waals surface area contributed by atoms with Crippen molar-refractivity contribution >= 4 is 27.8 Å². The van der Waals surface area contributed by atoms with Crippen LogP contribution >= 0.6 is 15.9 Å². The molecule has 7 heteroatoms. The molecule has 0 atom stereocenters. The van der Waals surface area contributed by atoms with Gasteiger partial charge in [-0.3, -0.25) is 4.79 Å². The highest BCUT2D eigenvalue weighted by Gasteiger charge is 2.10. The predicted octanol–water partition coefficient (Wildman–Crippen LogP) is 2.75. The van der Waals surface area contributed by atoms with Gasteiger partial charge in [0.15, 0.2) is 5.96 Å². The molecule has 1 aromatic carbocycles. The molecule has 0 spiro atoms. The van der Waals surface area contributed by atoms with E-state index in [-0.39, 0.29) is 12.5 Å². The van der Waals surface area contributed by atoms with Crippen molar-refractivity contribution in [1.82, 2.24) is 15.1 Å². The third-order valence-corrected chi connectivity index (χ3v) is 4.32. The smallest absolute Gasteiger partial charge is 0.243 e. The van der Waals surface area contributed by atoms with E-state index >= 15 is 0 Å². The van der Waals surface area contributed by atoms with Gasteiger partial charge in [-0.25, -0.2) is 4.99 Å². The molecule has 0 fully saturated rings. The minimum atomic E-state index is -0.0348. The highest BCUT2D eigenvalue weighted by atomic mass is 79.9. The molecule has 0 saturated carbocycles. The second kappa shape index (κ2) is 10.0. The lowest BCUT2D eigenvalue weighted by atomic mass is 10.2. The first-order chi connectivity index (χ1) is 12.5. The number of likely N-dealkylation sites (N-methyl/N-ethyl adjacent to an activating group) is 1. The van der Waals surface area contributed by atoms with Crippen molar-refractivity contribution in [2.75, 3.05) is 34.2 Å². The average molecular weight is 421 g/mol. The number of rotatable bonds is 7. The van der Waals surface area contributed by atoms with E-state index in [2.05, 4.69) is 38.4 Å². The van der Waals surface area contributed by atoms with Crippen LogP contribution in [0, 0.1) is 0 Å². The van der Waals surface area contributed by atoms with Crippen LogP contribution in [0.3, 0.4) is 0 Å². The number of furan rings is 1. The third kappa shape index (κ3) is 6.55. The zero-order valence-electron chi connectivity index (χ0n) is 15.4. The summed E-state index contributed by atoms with van der Waals surface area (Å²) in [7, 11) is 5.42. The van der Waals surface area contributed by atoms with Crippen molar-refractivity contribution in [3.63, 3.8) is 0 Å². The molecular formula is C19H25BrN4O2. The zero-order valence-corrected chi connectivity index (χ0v) is 17.0. The van der Waals surface area contributed by atoms with E-state index in [9.17, 15) is 4.79 Å². The van der Waals surface area contributed by atoms with Gasteiger partial charge in [-0.1, -0.05) is 28.1 Å². The maximum absolute atomic E-state index is 11.9. The van der Waals surface area contributed by atoms with Crippen molar-refractivity contribution in [3.05, 3.63) is 58.5 Å². The molecule has 0 aliphatic heterocycles. The van der Waals surface area contributed by atoms with Crippen LogP contribution in [0.25, 0.3) is 0 Å². The number of hydrogen-bond donors (Lipinski definition) is 1. The van der Waals surface area contributed by atoms with Crippen LogP contribution in [-0.2, 0) is 17.8 Å². The summed E-state index contributed by atoms with van der Waals surface area (Å²) in [4.78, 5) is 19.9. The van der Waals surface area contributed by atoms with Crippen molar-refractivity contribution in [2.45, 2.75) is 13.0 Å². The molecule has 2 rings (SSSR count). The summed E-state index contributed by atoms with van der Waals surface area (Å²) in [6.45, 7) is 1.48. The highest BCUT2D eigenvalue weighted by Crippen LogP contribution is 2.12. The number of carbonyl (C=O) groups excluding carboxylic acids is 1. The molecule has 140 valence electrons. The lowest BCUT2D eigenvalue weighted by Crippen LogP contribution is -2.40. The minimum Gasteiger partial charge on any atom is -0.469 e. The Morgan fingerprint density at radius 3 is 2.54 bits per heavy atom. The van der Waals surface area contributed by atoms with Gasteiger partial charge in [0, 0.05) is 45.1 Å². The van der Waals surface area contributed by atoms with Crippen LogP contribution in [0.1, 0.15) is 11.3 Å². The fraction of sp³-hybridized carbons (Fsp3) is 0.368. The molecule has 1 aromatic heterocycles. The SMILES string of the molecule is CN(C)C(=O)CN=C(NCCc1ccco1)N(C)Cc1ccc(Br)cc1. The number of nitrogens with zero attached hydrogens (tertiary/aromatic N) is 3. The normalized spacial score (nSPS) is 11.3. The van der Waals surface area contributed by atoms with Gasteiger partial charge in [0.2, 0.25) is 5.91 Å². The number of guanidine groups is 1. The summed E-state index contributed by atoms with van der Waals surface area (Å²) < 4.78 is 6.40. The molecule has 26 heavy (non-hydrogen) atoms. The standard InChI is InChI=1S/C19H25BrN4O2/c1-23(2)18(25)13-22-19(21-11-10-17-5-4-12-26-17)24(3)14-15-6-8-16(20)9-7-15/h4-9,12H,10-11,13-14H2,1-3H3,(H,21,22). The van der Waals surface area contributed by atoms with E-state index in [1.807, 2.05) is 36.2 Å². The highest BCUT2D eigenvalue weighted by molar-refractivity contribution is 9.10. The minimum absolute atomic E-state index is 0.0348. The first-order valence-corrected chi connectivity index (χ1v) is 9.21. The van der Waals surface area contributed by atoms with Crippen LogP contribution in [0.5, 0.6) is 0 Å². The van der Waals surface area contributed by atoms with Crippen LogP contribution < -0.4 is 5.32 Å². The molecule has 1 N–H and O–H groups in total. The molecule has 0 aliphatic carbocycles. The van der Waals surface area contributed by atoms with Gasteiger partial charge in [-0.05, 0) is 29.8 Å². The topological polar surface area (TPSA) is 61.1 Å². The Balaban J connectivity index is 2.00. The van der Waals surface area contributed by atoms with Gasteiger partial charge < -0.3 is 19.5 Å². The van der Waals surface area contributed by atoms with Gasteiger partial charge in [-0.2, -0.15) is 0 Å². The summed E-state index contributed by atoms with van der Waals surface area (Å²) in [5.41, 5.74) is 1.16. The molecule has 0 aliphatic rings. The molecule has 0 saturated heterocycles. The summed E-state index contributed by atoms with van der Waals surface area (Å²) in [5.74, 6) is 1.57. The van der Waals surface area contributed by atoms with E-state index in [1.165, 1.54) is 0 Å². The maximum atomic E-state index is 11.9. The molecule has 0 bridgehead atoms. The Bertz CT molecular complexity index is 712. The van der Waals surface area contributed by atoms with Crippen LogP contribution in [0.15, 0.2) is 56.5 Å². The monoisotopic (exact) mass is 420 g/mol. The number of hydrogen-bond acceptors (Lipinski definition) is 3. The van der Waals surface area contributed by atoms with E-state index in [4.69, 9.17) is 4.42 Å². The number of amides is 1. The quantitative estimate of drug-likeness (QED) is 0.552. The Morgan fingerprint density at radius 1 is 1.19 bits per heavy atom. The third-order valence-electron chi connectivity index (χ3n) is 3.79. The van der Waals surface area contributed by atoms with Crippen molar-refractivity contribution in [1.29, 1.82) is 0 Å². The molecule has 0 unspecified atom stereocenters. The first-order valence-electron chi connectivity index (χ1n) is 8.42.